The van der Waals surface area contributed by atoms with E-state index in [2.05, 4.69) is 15.3 Å². The van der Waals surface area contributed by atoms with Crippen molar-refractivity contribution in [2.45, 2.75) is 24.8 Å². The van der Waals surface area contributed by atoms with E-state index in [1.54, 1.807) is 37.5 Å². The number of nitrogens with zero attached hydrogens (tertiary/aromatic N) is 3. The Morgan fingerprint density at radius 3 is 2.78 bits per heavy atom. The van der Waals surface area contributed by atoms with Gasteiger partial charge in [0.1, 0.15) is 0 Å². The van der Waals surface area contributed by atoms with Gasteiger partial charge in [-0.15, -0.1) is 0 Å². The summed E-state index contributed by atoms with van der Waals surface area (Å²) >= 11 is 0. The molecule has 0 aliphatic carbocycles. The van der Waals surface area contributed by atoms with E-state index in [1.807, 2.05) is 0 Å². The van der Waals surface area contributed by atoms with Crippen molar-refractivity contribution in [3.63, 3.8) is 0 Å². The third-order valence-corrected chi connectivity index (χ3v) is 3.95. The summed E-state index contributed by atoms with van der Waals surface area (Å²) in [6.45, 7) is 0.732. The number of nitrogens with one attached hydrogen (secondary N) is 1. The average molecular weight is 322 g/mol. The van der Waals surface area contributed by atoms with Gasteiger partial charge in [0, 0.05) is 33.1 Å². The highest BCUT2D eigenvalue weighted by Crippen LogP contribution is 2.33. The van der Waals surface area contributed by atoms with Crippen LogP contribution in [-0.2, 0) is 14.3 Å². The van der Waals surface area contributed by atoms with Crippen LogP contribution in [0, 0.1) is 0 Å². The number of hydrogen-bond acceptors (Lipinski definition) is 6. The number of aromatic nitrogens is 2. The number of hydrogen-bond donors (Lipinski definition) is 1. The number of methoxy groups -OCH3 is 1. The maximum atomic E-state index is 12.5. The molecule has 0 aromatic carbocycles. The van der Waals surface area contributed by atoms with E-state index in [4.69, 9.17) is 9.47 Å². The zero-order valence-corrected chi connectivity index (χ0v) is 13.4. The fourth-order valence-corrected chi connectivity index (χ4v) is 2.93. The van der Waals surface area contributed by atoms with Crippen molar-refractivity contribution >= 4 is 11.8 Å². The van der Waals surface area contributed by atoms with Gasteiger partial charge in [-0.05, 0) is 18.9 Å². The van der Waals surface area contributed by atoms with Crippen molar-refractivity contribution in [2.24, 2.45) is 0 Å². The molecule has 1 aliphatic rings. The number of amides is 2. The van der Waals surface area contributed by atoms with Gasteiger partial charge in [0.05, 0.1) is 18.6 Å². The Hall–Kier alpha value is -2.22. The standard InChI is InChI=1S/C15H22N4O4/c1-16-12(20)9-15(11-22-2)5-3-8-19(15)13(21)10-23-14-17-6-4-7-18-14/h4,6-7H,3,5,8-11H2,1-2H3,(H,16,20). The van der Waals surface area contributed by atoms with Crippen molar-refractivity contribution < 1.29 is 19.1 Å². The van der Waals surface area contributed by atoms with Gasteiger partial charge >= 0.3 is 6.01 Å². The van der Waals surface area contributed by atoms with Gasteiger partial charge in [-0.25, -0.2) is 9.97 Å². The fourth-order valence-electron chi connectivity index (χ4n) is 2.93. The van der Waals surface area contributed by atoms with Crippen LogP contribution in [0.15, 0.2) is 18.5 Å². The summed E-state index contributed by atoms with van der Waals surface area (Å²) < 4.78 is 10.6. The molecule has 1 fully saturated rings. The lowest BCUT2D eigenvalue weighted by Gasteiger charge is -2.37. The van der Waals surface area contributed by atoms with Crippen molar-refractivity contribution in [3.8, 4) is 6.01 Å². The van der Waals surface area contributed by atoms with Crippen LogP contribution in [0.25, 0.3) is 0 Å². The van der Waals surface area contributed by atoms with Crippen LogP contribution in [-0.4, -0.2) is 66.1 Å². The maximum absolute atomic E-state index is 12.5. The molecule has 1 aromatic heterocycles. The first kappa shape index (κ1) is 17.1. The molecule has 126 valence electrons. The van der Waals surface area contributed by atoms with Gasteiger partial charge in [-0.3, -0.25) is 9.59 Å². The second-order valence-corrected chi connectivity index (χ2v) is 5.48. The molecular formula is C15H22N4O4. The second kappa shape index (κ2) is 7.87. The van der Waals surface area contributed by atoms with Crippen molar-refractivity contribution in [3.05, 3.63) is 18.5 Å². The van der Waals surface area contributed by atoms with E-state index < -0.39 is 5.54 Å². The molecule has 1 saturated heterocycles. The number of carbonyl (C=O) groups is 2. The average Bonchev–Trinajstić information content (AvgIpc) is 2.97. The Morgan fingerprint density at radius 1 is 1.39 bits per heavy atom. The molecule has 0 spiro atoms. The van der Waals surface area contributed by atoms with Gasteiger partial charge < -0.3 is 19.7 Å². The Labute approximate surface area is 135 Å². The molecule has 8 nitrogen and oxygen atoms in total. The Morgan fingerprint density at radius 2 is 2.13 bits per heavy atom. The van der Waals surface area contributed by atoms with Crippen molar-refractivity contribution in [1.82, 2.24) is 20.2 Å². The lowest BCUT2D eigenvalue weighted by atomic mass is 9.92. The Balaban J connectivity index is 2.05. The molecule has 2 heterocycles. The minimum Gasteiger partial charge on any atom is -0.453 e. The highest BCUT2D eigenvalue weighted by molar-refractivity contribution is 5.82. The summed E-state index contributed by atoms with van der Waals surface area (Å²) in [5.41, 5.74) is -0.618. The zero-order chi connectivity index (χ0) is 16.7. The highest BCUT2D eigenvalue weighted by atomic mass is 16.5. The van der Waals surface area contributed by atoms with Crippen LogP contribution >= 0.6 is 0 Å². The number of carbonyl (C=O) groups excluding carboxylic acids is 2. The van der Waals surface area contributed by atoms with Crippen LogP contribution < -0.4 is 10.1 Å². The predicted octanol–water partition coefficient (Wildman–Crippen LogP) is -0.000900. The number of rotatable bonds is 7. The summed E-state index contributed by atoms with van der Waals surface area (Å²) in [6, 6.07) is 1.82. The summed E-state index contributed by atoms with van der Waals surface area (Å²) in [5.74, 6) is -0.315. The maximum Gasteiger partial charge on any atom is 0.316 e. The molecule has 1 aromatic rings. The van der Waals surface area contributed by atoms with E-state index in [-0.39, 0.29) is 30.9 Å². The lowest BCUT2D eigenvalue weighted by molar-refractivity contribution is -0.141. The first-order valence-electron chi connectivity index (χ1n) is 7.51. The first-order valence-corrected chi connectivity index (χ1v) is 7.51. The van der Waals surface area contributed by atoms with Gasteiger partial charge in [-0.2, -0.15) is 0 Å². The van der Waals surface area contributed by atoms with E-state index in [0.29, 0.717) is 13.2 Å². The number of likely N-dealkylation sites (tertiary alicyclic amines) is 1. The van der Waals surface area contributed by atoms with Gasteiger partial charge in [0.15, 0.2) is 6.61 Å². The summed E-state index contributed by atoms with van der Waals surface area (Å²) in [6.07, 6.45) is 4.85. The molecule has 23 heavy (non-hydrogen) atoms. The summed E-state index contributed by atoms with van der Waals surface area (Å²) in [5, 5.41) is 2.61. The largest absolute Gasteiger partial charge is 0.453 e. The van der Waals surface area contributed by atoms with Crippen LogP contribution in [0.5, 0.6) is 6.01 Å². The quantitative estimate of drug-likeness (QED) is 0.759. The monoisotopic (exact) mass is 322 g/mol. The van der Waals surface area contributed by atoms with Crippen LogP contribution in [0.4, 0.5) is 0 Å². The van der Waals surface area contributed by atoms with E-state index >= 15 is 0 Å². The van der Waals surface area contributed by atoms with Crippen LogP contribution in [0.2, 0.25) is 0 Å². The molecule has 0 saturated carbocycles. The third kappa shape index (κ3) is 4.16. The van der Waals surface area contributed by atoms with Gasteiger partial charge in [-0.1, -0.05) is 0 Å². The van der Waals surface area contributed by atoms with Crippen molar-refractivity contribution in [2.75, 3.05) is 33.9 Å². The minimum absolute atomic E-state index is 0.117. The number of ether oxygens (including phenoxy) is 2. The van der Waals surface area contributed by atoms with Crippen LogP contribution in [0.1, 0.15) is 19.3 Å². The Bertz CT molecular complexity index is 540. The van der Waals surface area contributed by atoms with Crippen molar-refractivity contribution in [1.29, 1.82) is 0 Å². The molecule has 2 rings (SSSR count). The normalized spacial score (nSPS) is 20.3. The first-order chi connectivity index (χ1) is 11.1. The second-order valence-electron chi connectivity index (χ2n) is 5.48. The molecule has 0 bridgehead atoms. The summed E-state index contributed by atoms with van der Waals surface area (Å²) in [7, 11) is 3.15. The predicted molar refractivity (Wildman–Crippen MR) is 81.8 cm³/mol. The Kier molecular flexibility index (Phi) is 5.86. The van der Waals surface area contributed by atoms with Crippen LogP contribution in [0.3, 0.4) is 0 Å². The molecule has 1 aliphatic heterocycles. The molecule has 1 unspecified atom stereocenters. The van der Waals surface area contributed by atoms with E-state index in [1.165, 1.54) is 0 Å². The molecule has 2 amide bonds. The fraction of sp³-hybridized carbons (Fsp3) is 0.600. The highest BCUT2D eigenvalue weighted by Gasteiger charge is 2.45. The zero-order valence-electron chi connectivity index (χ0n) is 13.4. The molecule has 0 radical (unpaired) electrons. The molecule has 1 atom stereocenters. The minimum atomic E-state index is -0.618. The topological polar surface area (TPSA) is 93.7 Å². The lowest BCUT2D eigenvalue weighted by Crippen LogP contribution is -2.54. The smallest absolute Gasteiger partial charge is 0.316 e. The molecule has 1 N–H and O–H groups in total. The van der Waals surface area contributed by atoms with E-state index in [0.717, 1.165) is 12.8 Å². The molecular weight excluding hydrogens is 300 g/mol. The molecule has 8 heteroatoms. The summed E-state index contributed by atoms with van der Waals surface area (Å²) in [4.78, 5) is 33.9. The van der Waals surface area contributed by atoms with Gasteiger partial charge in [0.25, 0.3) is 5.91 Å². The third-order valence-electron chi connectivity index (χ3n) is 3.95. The van der Waals surface area contributed by atoms with Gasteiger partial charge in [0.2, 0.25) is 5.91 Å². The van der Waals surface area contributed by atoms with E-state index in [9.17, 15) is 9.59 Å². The SMILES string of the molecule is CNC(=O)CC1(COC)CCCN1C(=O)COc1ncccn1.